The van der Waals surface area contributed by atoms with E-state index in [0.29, 0.717) is 12.0 Å². The molecule has 1 N–H and O–H groups in total. The van der Waals surface area contributed by atoms with Crippen LogP contribution in [0.2, 0.25) is 5.02 Å². The first-order valence-electron chi connectivity index (χ1n) is 14.5. The Labute approximate surface area is 264 Å². The molecule has 2 aliphatic rings. The number of hydrogen-bond donors (Lipinski definition) is 1. The molecule has 4 unspecified atom stereocenters. The molecule has 4 atom stereocenters. The number of nitrogens with one attached hydrogen (secondary N) is 1. The van der Waals surface area contributed by atoms with Crippen LogP contribution in [0.1, 0.15) is 53.9 Å². The number of fused-ring (bicyclic) bond motifs is 5. The topological polar surface area (TPSA) is 49.9 Å². The van der Waals surface area contributed by atoms with Crippen LogP contribution in [0, 0.1) is 11.7 Å². The van der Waals surface area contributed by atoms with Gasteiger partial charge in [0, 0.05) is 18.3 Å². The maximum atomic E-state index is 14.5. The maximum Gasteiger partial charge on any atom is 0.416 e. The first kappa shape index (κ1) is 31.1. The van der Waals surface area contributed by atoms with Crippen LogP contribution in [-0.2, 0) is 16.0 Å². The minimum atomic E-state index is -4.69. The van der Waals surface area contributed by atoms with E-state index >= 15 is 0 Å². The number of halogens is 5. The molecule has 0 bridgehead atoms. The number of H-pyrrole nitrogens is 1. The van der Waals surface area contributed by atoms with Gasteiger partial charge in [-0.1, -0.05) is 72.3 Å². The van der Waals surface area contributed by atoms with Gasteiger partial charge in [0.25, 0.3) is 0 Å². The third kappa shape index (κ3) is 5.70. The normalized spacial score (nSPS) is 22.7. The van der Waals surface area contributed by atoms with E-state index in [2.05, 4.69) is 4.98 Å². The van der Waals surface area contributed by atoms with Gasteiger partial charge in [0.15, 0.2) is 9.84 Å². The number of rotatable bonds is 3. The second kappa shape index (κ2) is 11.8. The van der Waals surface area contributed by atoms with Crippen molar-refractivity contribution < 1.29 is 26.0 Å². The number of allylic oxidation sites excluding steroid dienone is 1. The van der Waals surface area contributed by atoms with E-state index in [1.54, 1.807) is 13.0 Å². The first-order valence-corrected chi connectivity index (χ1v) is 16.4. The third-order valence-corrected chi connectivity index (χ3v) is 12.0. The second-order valence-corrected chi connectivity index (χ2v) is 14.6. The molecule has 1 aromatic heterocycles. The van der Waals surface area contributed by atoms with E-state index < -0.39 is 38.1 Å². The maximum absolute atomic E-state index is 14.5. The lowest BCUT2D eigenvalue weighted by molar-refractivity contribution is -0.137. The molecule has 9 heteroatoms. The van der Waals surface area contributed by atoms with Gasteiger partial charge in [0.2, 0.25) is 0 Å². The summed E-state index contributed by atoms with van der Waals surface area (Å²) in [7, 11) is -4.31. The standard InChI is InChI=1S/C32H25ClF4O2S.C4H5N/c1-31(40(38,39)24-7-4-6-23(17-24)32(35,36)37)18-22(20-11-14-29(34)28(33)16-20)15-21-10-12-26-25-8-3-2-5-19(25)9-13-27(26)30(21)31;1-2-4-5-3-1/h2-14,16-17,21-22,30H,15,18H2,1H3;1-5H. The summed E-state index contributed by atoms with van der Waals surface area (Å²) in [5, 5.41) is 1.94. The fourth-order valence-electron chi connectivity index (χ4n) is 7.04. The Kier molecular flexibility index (Phi) is 8.16. The van der Waals surface area contributed by atoms with E-state index in [0.717, 1.165) is 40.1 Å². The molecule has 0 aliphatic heterocycles. The van der Waals surface area contributed by atoms with Gasteiger partial charge in [-0.25, -0.2) is 12.8 Å². The molecule has 0 amide bonds. The molecule has 2 aliphatic carbocycles. The Morgan fingerprint density at radius 2 is 1.67 bits per heavy atom. The van der Waals surface area contributed by atoms with Crippen molar-refractivity contribution >= 4 is 38.3 Å². The molecule has 0 spiro atoms. The van der Waals surface area contributed by atoms with Gasteiger partial charge in [0.1, 0.15) is 5.82 Å². The lowest BCUT2D eigenvalue weighted by atomic mass is 9.61. The minimum Gasteiger partial charge on any atom is -0.368 e. The number of aromatic nitrogens is 1. The van der Waals surface area contributed by atoms with Crippen molar-refractivity contribution in [1.82, 2.24) is 4.98 Å². The molecule has 1 fully saturated rings. The Balaban J connectivity index is 0.000000652. The predicted octanol–water partition coefficient (Wildman–Crippen LogP) is 10.2. The first-order chi connectivity index (χ1) is 21.4. The van der Waals surface area contributed by atoms with Crippen LogP contribution in [0.25, 0.3) is 16.8 Å². The van der Waals surface area contributed by atoms with Crippen LogP contribution in [0.5, 0.6) is 0 Å². The molecule has 0 saturated heterocycles. The fourth-order valence-corrected chi connectivity index (χ4v) is 9.36. The molecule has 5 aromatic rings. The molecule has 1 heterocycles. The lowest BCUT2D eigenvalue weighted by Crippen LogP contribution is -2.49. The van der Waals surface area contributed by atoms with Gasteiger partial charge >= 0.3 is 6.18 Å². The largest absolute Gasteiger partial charge is 0.416 e. The van der Waals surface area contributed by atoms with Crippen molar-refractivity contribution in [3.05, 3.63) is 143 Å². The number of benzene rings is 4. The van der Waals surface area contributed by atoms with Crippen molar-refractivity contribution in [2.75, 3.05) is 0 Å². The second-order valence-electron chi connectivity index (χ2n) is 11.8. The molecule has 0 radical (unpaired) electrons. The van der Waals surface area contributed by atoms with Gasteiger partial charge in [-0.3, -0.25) is 0 Å². The molecule has 232 valence electrons. The van der Waals surface area contributed by atoms with E-state index in [4.69, 9.17) is 11.6 Å². The van der Waals surface area contributed by atoms with E-state index in [1.807, 2.05) is 73.1 Å². The Hall–Kier alpha value is -3.88. The van der Waals surface area contributed by atoms with Crippen LogP contribution in [0.15, 0.2) is 114 Å². The minimum absolute atomic E-state index is 0.0573. The highest BCUT2D eigenvalue weighted by molar-refractivity contribution is 7.92. The van der Waals surface area contributed by atoms with Crippen LogP contribution in [0.3, 0.4) is 0 Å². The van der Waals surface area contributed by atoms with E-state index in [-0.39, 0.29) is 28.2 Å². The highest BCUT2D eigenvalue weighted by atomic mass is 35.5. The zero-order valence-electron chi connectivity index (χ0n) is 24.2. The molecule has 45 heavy (non-hydrogen) atoms. The van der Waals surface area contributed by atoms with Gasteiger partial charge in [-0.05, 0) is 102 Å². The average Bonchev–Trinajstić information content (AvgIpc) is 3.62. The number of alkyl halides is 3. The predicted molar refractivity (Wildman–Crippen MR) is 170 cm³/mol. The summed E-state index contributed by atoms with van der Waals surface area (Å²) >= 11 is 6.10. The van der Waals surface area contributed by atoms with Gasteiger partial charge < -0.3 is 4.98 Å². The summed E-state index contributed by atoms with van der Waals surface area (Å²) in [4.78, 5) is 2.50. The number of hydrogen-bond acceptors (Lipinski definition) is 2. The van der Waals surface area contributed by atoms with Gasteiger partial charge in [0.05, 0.1) is 20.2 Å². The van der Waals surface area contributed by atoms with Crippen molar-refractivity contribution in [3.63, 3.8) is 0 Å². The number of sulfone groups is 1. The smallest absolute Gasteiger partial charge is 0.368 e. The summed E-state index contributed by atoms with van der Waals surface area (Å²) in [5.41, 5.74) is 1.47. The fraction of sp³-hybridized carbons (Fsp3) is 0.222. The SMILES string of the molecule is CC1(S(=O)(=O)c2cccc(C(F)(F)F)c2)CC(c2ccc(F)c(Cl)c2)CC2C=Cc3c(ccc4ccccc34)C21.c1cc[nH]c1. The summed E-state index contributed by atoms with van der Waals surface area (Å²) in [6, 6.07) is 24.0. The quantitative estimate of drug-likeness (QED) is 0.197. The van der Waals surface area contributed by atoms with Crippen LogP contribution >= 0.6 is 11.6 Å². The average molecular weight is 652 g/mol. The number of aromatic amines is 1. The van der Waals surface area contributed by atoms with Crippen molar-refractivity contribution in [1.29, 1.82) is 0 Å². The Morgan fingerprint density at radius 3 is 2.36 bits per heavy atom. The van der Waals surface area contributed by atoms with Gasteiger partial charge in [-0.15, -0.1) is 0 Å². The monoisotopic (exact) mass is 651 g/mol. The molecule has 3 nitrogen and oxygen atoms in total. The third-order valence-electron chi connectivity index (χ3n) is 9.14. The van der Waals surface area contributed by atoms with Crippen LogP contribution in [-0.4, -0.2) is 18.1 Å². The van der Waals surface area contributed by atoms with Crippen LogP contribution < -0.4 is 0 Å². The molecule has 4 aromatic carbocycles. The van der Waals surface area contributed by atoms with Crippen molar-refractivity contribution in [2.45, 2.75) is 47.4 Å². The van der Waals surface area contributed by atoms with E-state index in [9.17, 15) is 26.0 Å². The zero-order valence-corrected chi connectivity index (χ0v) is 25.8. The molecule has 1 saturated carbocycles. The van der Waals surface area contributed by atoms with E-state index in [1.165, 1.54) is 18.2 Å². The highest BCUT2D eigenvalue weighted by Crippen LogP contribution is 2.58. The summed E-state index contributed by atoms with van der Waals surface area (Å²) in [6.07, 6.45) is 3.83. The van der Waals surface area contributed by atoms with Crippen molar-refractivity contribution in [3.8, 4) is 0 Å². The van der Waals surface area contributed by atoms with Gasteiger partial charge in [-0.2, -0.15) is 13.2 Å². The molecular formula is C36H30ClF4NO2S. The summed E-state index contributed by atoms with van der Waals surface area (Å²) < 4.78 is 82.4. The Bertz CT molecular complexity index is 1970. The summed E-state index contributed by atoms with van der Waals surface area (Å²) in [6.45, 7) is 1.65. The van der Waals surface area contributed by atoms with Crippen molar-refractivity contribution in [2.24, 2.45) is 5.92 Å². The zero-order chi connectivity index (χ0) is 32.0. The highest BCUT2D eigenvalue weighted by Gasteiger charge is 2.55. The lowest BCUT2D eigenvalue weighted by Gasteiger charge is -2.50. The molecular weight excluding hydrogens is 622 g/mol. The summed E-state index contributed by atoms with van der Waals surface area (Å²) in [5.74, 6) is -1.61. The molecule has 7 rings (SSSR count). The van der Waals surface area contributed by atoms with Crippen LogP contribution in [0.4, 0.5) is 17.6 Å². The Morgan fingerprint density at radius 1 is 0.911 bits per heavy atom.